The Balaban J connectivity index is 1.61. The summed E-state index contributed by atoms with van der Waals surface area (Å²) in [5.74, 6) is 1.23. The topological polar surface area (TPSA) is 42.9 Å². The highest BCUT2D eigenvalue weighted by molar-refractivity contribution is 8.00. The summed E-state index contributed by atoms with van der Waals surface area (Å²) >= 11 is 1.48. The molecule has 0 spiro atoms. The molecule has 3 nitrogen and oxygen atoms in total. The molecule has 27 heavy (non-hydrogen) atoms. The molecule has 4 aromatic rings. The SMILES string of the molecule is O=C(CSc1nc(Cc2ccccc2)nc2ccccc12)c1ccccc1. The number of para-hydroxylation sites is 1. The van der Waals surface area contributed by atoms with E-state index in [1.807, 2.05) is 72.8 Å². The Labute approximate surface area is 162 Å². The predicted octanol–water partition coefficient (Wildman–Crippen LogP) is 5.20. The minimum atomic E-state index is 0.105. The highest BCUT2D eigenvalue weighted by Crippen LogP contribution is 2.26. The molecule has 1 aromatic heterocycles. The fourth-order valence-corrected chi connectivity index (χ4v) is 3.83. The van der Waals surface area contributed by atoms with Crippen LogP contribution in [-0.2, 0) is 6.42 Å². The lowest BCUT2D eigenvalue weighted by molar-refractivity contribution is 0.102. The van der Waals surface area contributed by atoms with Gasteiger partial charge in [-0.1, -0.05) is 90.6 Å². The maximum absolute atomic E-state index is 12.5. The number of carbonyl (C=O) groups excluding carboxylic acids is 1. The lowest BCUT2D eigenvalue weighted by atomic mass is 10.1. The molecule has 0 atom stereocenters. The van der Waals surface area contributed by atoms with Gasteiger partial charge in [0, 0.05) is 17.4 Å². The van der Waals surface area contributed by atoms with Crippen LogP contribution in [0.25, 0.3) is 10.9 Å². The fourth-order valence-electron chi connectivity index (χ4n) is 2.90. The number of Topliss-reactive ketones (excluding diaryl/α,β-unsaturated/α-hetero) is 1. The van der Waals surface area contributed by atoms with Crippen molar-refractivity contribution in [3.05, 3.63) is 102 Å². The summed E-state index contributed by atoms with van der Waals surface area (Å²) in [5.41, 5.74) is 2.81. The van der Waals surface area contributed by atoms with E-state index in [0.29, 0.717) is 12.2 Å². The van der Waals surface area contributed by atoms with Crippen LogP contribution in [0.15, 0.2) is 90.0 Å². The van der Waals surface area contributed by atoms with Crippen LogP contribution in [0.4, 0.5) is 0 Å². The Kier molecular flexibility index (Phi) is 5.26. The van der Waals surface area contributed by atoms with Crippen molar-refractivity contribution in [2.75, 3.05) is 5.75 Å². The predicted molar refractivity (Wildman–Crippen MR) is 110 cm³/mol. The van der Waals surface area contributed by atoms with Gasteiger partial charge in [-0.2, -0.15) is 0 Å². The van der Waals surface area contributed by atoms with Gasteiger partial charge in [0.2, 0.25) is 0 Å². The van der Waals surface area contributed by atoms with Crippen LogP contribution < -0.4 is 0 Å². The Morgan fingerprint density at radius 2 is 1.44 bits per heavy atom. The summed E-state index contributed by atoms with van der Waals surface area (Å²) < 4.78 is 0. The molecule has 0 aliphatic carbocycles. The van der Waals surface area contributed by atoms with Crippen LogP contribution in [0.3, 0.4) is 0 Å². The van der Waals surface area contributed by atoms with Gasteiger partial charge in [-0.05, 0) is 11.6 Å². The van der Waals surface area contributed by atoms with Gasteiger partial charge in [-0.15, -0.1) is 0 Å². The average molecular weight is 370 g/mol. The summed E-state index contributed by atoms with van der Waals surface area (Å²) in [6, 6.07) is 27.5. The second kappa shape index (κ2) is 8.14. The van der Waals surface area contributed by atoms with E-state index in [0.717, 1.165) is 27.3 Å². The zero-order chi connectivity index (χ0) is 18.5. The fraction of sp³-hybridized carbons (Fsp3) is 0.0870. The molecule has 0 amide bonds. The van der Waals surface area contributed by atoms with Crippen LogP contribution in [-0.4, -0.2) is 21.5 Å². The highest BCUT2D eigenvalue weighted by Gasteiger charge is 2.12. The van der Waals surface area contributed by atoms with Gasteiger partial charge in [-0.25, -0.2) is 9.97 Å². The van der Waals surface area contributed by atoms with Crippen molar-refractivity contribution < 1.29 is 4.79 Å². The second-order valence-corrected chi connectivity index (χ2v) is 7.17. The molecule has 0 saturated carbocycles. The van der Waals surface area contributed by atoms with E-state index in [-0.39, 0.29) is 5.78 Å². The van der Waals surface area contributed by atoms with Crippen molar-refractivity contribution in [3.63, 3.8) is 0 Å². The molecule has 0 saturated heterocycles. The van der Waals surface area contributed by atoms with Crippen molar-refractivity contribution in [3.8, 4) is 0 Å². The zero-order valence-electron chi connectivity index (χ0n) is 14.7. The monoisotopic (exact) mass is 370 g/mol. The van der Waals surface area contributed by atoms with E-state index in [1.165, 1.54) is 17.3 Å². The first-order valence-corrected chi connectivity index (χ1v) is 9.79. The van der Waals surface area contributed by atoms with Crippen LogP contribution in [0.1, 0.15) is 21.7 Å². The van der Waals surface area contributed by atoms with E-state index >= 15 is 0 Å². The molecule has 0 radical (unpaired) electrons. The van der Waals surface area contributed by atoms with Crippen molar-refractivity contribution in [1.82, 2.24) is 9.97 Å². The van der Waals surface area contributed by atoms with E-state index in [9.17, 15) is 4.79 Å². The number of rotatable bonds is 6. The highest BCUT2D eigenvalue weighted by atomic mass is 32.2. The van der Waals surface area contributed by atoms with Gasteiger partial charge >= 0.3 is 0 Å². The molecule has 0 aliphatic heterocycles. The van der Waals surface area contributed by atoms with Crippen molar-refractivity contribution in [2.24, 2.45) is 0 Å². The summed E-state index contributed by atoms with van der Waals surface area (Å²) in [7, 11) is 0. The number of fused-ring (bicyclic) bond motifs is 1. The van der Waals surface area contributed by atoms with Gasteiger partial charge in [0.05, 0.1) is 11.3 Å². The van der Waals surface area contributed by atoms with Crippen LogP contribution in [0, 0.1) is 0 Å². The number of hydrogen-bond donors (Lipinski definition) is 0. The molecule has 0 unspecified atom stereocenters. The normalized spacial score (nSPS) is 10.8. The molecule has 4 heteroatoms. The maximum Gasteiger partial charge on any atom is 0.173 e. The Hall–Kier alpha value is -2.98. The first-order chi connectivity index (χ1) is 13.3. The number of hydrogen-bond acceptors (Lipinski definition) is 4. The number of nitrogens with zero attached hydrogens (tertiary/aromatic N) is 2. The summed E-state index contributed by atoms with van der Waals surface area (Å²) in [5, 5.41) is 1.84. The number of thioether (sulfide) groups is 1. The number of carbonyl (C=O) groups is 1. The third-order valence-electron chi connectivity index (χ3n) is 4.26. The molecule has 0 fully saturated rings. The van der Waals surface area contributed by atoms with E-state index in [1.54, 1.807) is 0 Å². The third-order valence-corrected chi connectivity index (χ3v) is 5.25. The van der Waals surface area contributed by atoms with Crippen LogP contribution >= 0.6 is 11.8 Å². The van der Waals surface area contributed by atoms with Gasteiger partial charge in [-0.3, -0.25) is 4.79 Å². The molecule has 3 aromatic carbocycles. The quantitative estimate of drug-likeness (QED) is 0.266. The number of aromatic nitrogens is 2. The van der Waals surface area contributed by atoms with Crippen LogP contribution in [0.5, 0.6) is 0 Å². The van der Waals surface area contributed by atoms with Crippen LogP contribution in [0.2, 0.25) is 0 Å². The Morgan fingerprint density at radius 3 is 2.22 bits per heavy atom. The average Bonchev–Trinajstić information content (AvgIpc) is 2.73. The second-order valence-electron chi connectivity index (χ2n) is 6.20. The minimum absolute atomic E-state index is 0.105. The van der Waals surface area contributed by atoms with Gasteiger partial charge in [0.25, 0.3) is 0 Å². The van der Waals surface area contributed by atoms with Crippen molar-refractivity contribution in [1.29, 1.82) is 0 Å². The Morgan fingerprint density at radius 1 is 0.778 bits per heavy atom. The molecular formula is C23H18N2OS. The van der Waals surface area contributed by atoms with E-state index < -0.39 is 0 Å². The Bertz CT molecular complexity index is 1070. The zero-order valence-corrected chi connectivity index (χ0v) is 15.5. The number of benzene rings is 3. The first-order valence-electron chi connectivity index (χ1n) is 8.80. The largest absolute Gasteiger partial charge is 0.293 e. The van der Waals surface area contributed by atoms with Crippen molar-refractivity contribution >= 4 is 28.4 Å². The summed E-state index contributed by atoms with van der Waals surface area (Å²) in [6.45, 7) is 0. The molecule has 0 bridgehead atoms. The smallest absolute Gasteiger partial charge is 0.173 e. The molecule has 132 valence electrons. The first kappa shape index (κ1) is 17.4. The van der Waals surface area contributed by atoms with Gasteiger partial charge in [0.15, 0.2) is 5.78 Å². The lowest BCUT2D eigenvalue weighted by Crippen LogP contribution is -2.04. The van der Waals surface area contributed by atoms with Gasteiger partial charge < -0.3 is 0 Å². The maximum atomic E-state index is 12.5. The summed E-state index contributed by atoms with van der Waals surface area (Å²) in [6.07, 6.45) is 0.672. The van der Waals surface area contributed by atoms with E-state index in [2.05, 4.69) is 12.1 Å². The lowest BCUT2D eigenvalue weighted by Gasteiger charge is -2.08. The standard InChI is InChI=1S/C23H18N2OS/c26-21(18-11-5-2-6-12-18)16-27-23-19-13-7-8-14-20(19)24-22(25-23)15-17-9-3-1-4-10-17/h1-14H,15-16H2. The molecule has 0 N–H and O–H groups in total. The summed E-state index contributed by atoms with van der Waals surface area (Å²) in [4.78, 5) is 21.9. The number of ketones is 1. The third kappa shape index (κ3) is 4.23. The van der Waals surface area contributed by atoms with Crippen molar-refractivity contribution in [2.45, 2.75) is 11.4 Å². The molecule has 1 heterocycles. The van der Waals surface area contributed by atoms with E-state index in [4.69, 9.17) is 9.97 Å². The molecule has 0 aliphatic rings. The van der Waals surface area contributed by atoms with Gasteiger partial charge in [0.1, 0.15) is 10.9 Å². The minimum Gasteiger partial charge on any atom is -0.293 e. The molecular weight excluding hydrogens is 352 g/mol. The molecule has 4 rings (SSSR count).